The maximum atomic E-state index is 13.0. The minimum atomic E-state index is -0.511. The van der Waals surface area contributed by atoms with E-state index in [1.54, 1.807) is 38.5 Å². The van der Waals surface area contributed by atoms with Gasteiger partial charge < -0.3 is 14.8 Å². The second kappa shape index (κ2) is 9.97. The minimum absolute atomic E-state index is 0.184. The maximum Gasteiger partial charge on any atom is 0.349 e. The van der Waals surface area contributed by atoms with Crippen molar-refractivity contribution in [2.45, 2.75) is 19.5 Å². The molecule has 7 nitrogen and oxygen atoms in total. The van der Waals surface area contributed by atoms with Crippen molar-refractivity contribution < 1.29 is 14.3 Å². The van der Waals surface area contributed by atoms with Gasteiger partial charge in [0, 0.05) is 16.0 Å². The van der Waals surface area contributed by atoms with E-state index < -0.39 is 5.69 Å². The average Bonchev–Trinajstić information content (AvgIpc) is 2.85. The van der Waals surface area contributed by atoms with Crippen molar-refractivity contribution in [3.8, 4) is 22.8 Å². The molecule has 1 aromatic heterocycles. The van der Waals surface area contributed by atoms with Crippen molar-refractivity contribution in [1.82, 2.24) is 14.9 Å². The summed E-state index contributed by atoms with van der Waals surface area (Å²) >= 11 is 6.25. The molecule has 0 aliphatic carbocycles. The van der Waals surface area contributed by atoms with Crippen LogP contribution in [0.2, 0.25) is 5.02 Å². The van der Waals surface area contributed by atoms with Crippen molar-refractivity contribution in [3.05, 3.63) is 87.8 Å². The molecule has 34 heavy (non-hydrogen) atoms. The Morgan fingerprint density at radius 3 is 2.47 bits per heavy atom. The lowest BCUT2D eigenvalue weighted by Gasteiger charge is -2.18. The number of carbonyl (C=O) groups excluding carboxylic acids is 1. The first-order chi connectivity index (χ1) is 16.4. The lowest BCUT2D eigenvalue weighted by Crippen LogP contribution is -2.35. The lowest BCUT2D eigenvalue weighted by molar-refractivity contribution is -0.122. The Hall–Kier alpha value is -3.84. The van der Waals surface area contributed by atoms with Gasteiger partial charge in [0.1, 0.15) is 6.54 Å². The van der Waals surface area contributed by atoms with E-state index in [4.69, 9.17) is 21.1 Å². The van der Waals surface area contributed by atoms with Crippen LogP contribution < -0.4 is 20.5 Å². The normalized spacial score (nSPS) is 11.8. The molecule has 1 atom stereocenters. The summed E-state index contributed by atoms with van der Waals surface area (Å²) < 4.78 is 12.0. The maximum absolute atomic E-state index is 13.0. The van der Waals surface area contributed by atoms with Crippen LogP contribution in [0.3, 0.4) is 0 Å². The zero-order valence-electron chi connectivity index (χ0n) is 19.0. The number of aromatic nitrogens is 2. The molecule has 0 radical (unpaired) electrons. The fourth-order valence-electron chi connectivity index (χ4n) is 3.86. The highest BCUT2D eigenvalue weighted by atomic mass is 35.5. The first-order valence-corrected chi connectivity index (χ1v) is 11.1. The molecule has 4 aromatic rings. The minimum Gasteiger partial charge on any atom is -0.493 e. The number of benzene rings is 3. The molecule has 1 heterocycles. The molecule has 4 rings (SSSR count). The van der Waals surface area contributed by atoms with Crippen LogP contribution in [0, 0.1) is 0 Å². The van der Waals surface area contributed by atoms with E-state index in [2.05, 4.69) is 10.3 Å². The van der Waals surface area contributed by atoms with Gasteiger partial charge >= 0.3 is 5.69 Å². The number of ether oxygens (including phenoxy) is 2. The number of hydrogen-bond acceptors (Lipinski definition) is 5. The van der Waals surface area contributed by atoms with Crippen LogP contribution in [0.5, 0.6) is 11.5 Å². The van der Waals surface area contributed by atoms with Crippen molar-refractivity contribution in [1.29, 1.82) is 0 Å². The summed E-state index contributed by atoms with van der Waals surface area (Å²) in [6.45, 7) is 1.67. The molecule has 0 fully saturated rings. The summed E-state index contributed by atoms with van der Waals surface area (Å²) in [5.74, 6) is 0.849. The number of nitrogens with zero attached hydrogens (tertiary/aromatic N) is 2. The Bertz CT molecular complexity index is 1400. The van der Waals surface area contributed by atoms with E-state index in [0.29, 0.717) is 33.1 Å². The van der Waals surface area contributed by atoms with Crippen molar-refractivity contribution >= 4 is 28.4 Å². The Balaban J connectivity index is 1.64. The summed E-state index contributed by atoms with van der Waals surface area (Å²) in [6, 6.07) is 19.7. The molecular weight excluding hydrogens is 454 g/mol. The van der Waals surface area contributed by atoms with E-state index >= 15 is 0 Å². The van der Waals surface area contributed by atoms with Gasteiger partial charge in [-0.2, -0.15) is 4.98 Å². The van der Waals surface area contributed by atoms with Crippen LogP contribution >= 0.6 is 11.6 Å². The van der Waals surface area contributed by atoms with Gasteiger partial charge in [0.2, 0.25) is 5.91 Å². The average molecular weight is 478 g/mol. The van der Waals surface area contributed by atoms with Gasteiger partial charge in [-0.1, -0.05) is 48.0 Å². The second-order valence-electron chi connectivity index (χ2n) is 7.76. The highest BCUT2D eigenvalue weighted by Gasteiger charge is 2.17. The predicted molar refractivity (Wildman–Crippen MR) is 133 cm³/mol. The van der Waals surface area contributed by atoms with Gasteiger partial charge in [0.15, 0.2) is 11.5 Å². The third-order valence-electron chi connectivity index (χ3n) is 5.58. The Morgan fingerprint density at radius 1 is 1.03 bits per heavy atom. The lowest BCUT2D eigenvalue weighted by atomic mass is 10.1. The fraction of sp³-hybridized carbons (Fsp3) is 0.192. The smallest absolute Gasteiger partial charge is 0.349 e. The van der Waals surface area contributed by atoms with Crippen LogP contribution in [0.15, 0.2) is 71.5 Å². The molecule has 1 amide bonds. The molecule has 0 saturated carbocycles. The molecule has 0 aliphatic rings. The predicted octanol–water partition coefficient (Wildman–Crippen LogP) is 4.61. The van der Waals surface area contributed by atoms with Gasteiger partial charge in [-0.05, 0) is 42.8 Å². The summed E-state index contributed by atoms with van der Waals surface area (Å²) in [5, 5.41) is 4.14. The standard InChI is InChI=1S/C26H24ClN3O4/c1-16(18-9-12-22(33-2)23(13-18)34-3)28-24(31)15-30-21-11-10-19(27)14-20(21)25(29-26(30)32)17-7-5-4-6-8-17/h4-14,16H,15H2,1-3H3,(H,28,31)/t16-/m0/s1. The molecule has 0 aliphatic heterocycles. The van der Waals surface area contributed by atoms with Gasteiger partial charge in [-0.15, -0.1) is 0 Å². The molecular formula is C26H24ClN3O4. The Morgan fingerprint density at radius 2 is 1.76 bits per heavy atom. The Kier molecular flexibility index (Phi) is 6.84. The first-order valence-electron chi connectivity index (χ1n) is 10.7. The number of amides is 1. The Labute approximate surface area is 201 Å². The SMILES string of the molecule is COc1ccc([C@H](C)NC(=O)Cn2c(=O)nc(-c3ccccc3)c3cc(Cl)ccc32)cc1OC. The van der Waals surface area contributed by atoms with Crippen LogP contribution in [0.4, 0.5) is 0 Å². The fourth-order valence-corrected chi connectivity index (χ4v) is 4.03. The topological polar surface area (TPSA) is 82.5 Å². The van der Waals surface area contributed by atoms with Crippen molar-refractivity contribution in [2.24, 2.45) is 0 Å². The number of methoxy groups -OCH3 is 2. The highest BCUT2D eigenvalue weighted by Crippen LogP contribution is 2.30. The number of halogens is 1. The van der Waals surface area contributed by atoms with Gasteiger partial charge in [-0.3, -0.25) is 9.36 Å². The number of hydrogen-bond donors (Lipinski definition) is 1. The third kappa shape index (κ3) is 4.75. The monoisotopic (exact) mass is 477 g/mol. The molecule has 1 N–H and O–H groups in total. The van der Waals surface area contributed by atoms with Crippen LogP contribution in [0.1, 0.15) is 18.5 Å². The van der Waals surface area contributed by atoms with Crippen LogP contribution in [-0.4, -0.2) is 29.7 Å². The highest BCUT2D eigenvalue weighted by molar-refractivity contribution is 6.31. The summed E-state index contributed by atoms with van der Waals surface area (Å²) in [5.41, 5.74) is 2.23. The van der Waals surface area contributed by atoms with Gasteiger partial charge in [0.05, 0.1) is 31.5 Å². The van der Waals surface area contributed by atoms with E-state index in [9.17, 15) is 9.59 Å². The van der Waals surface area contributed by atoms with E-state index in [0.717, 1.165) is 11.1 Å². The van der Waals surface area contributed by atoms with Crippen molar-refractivity contribution in [2.75, 3.05) is 14.2 Å². The summed E-state index contributed by atoms with van der Waals surface area (Å²) in [4.78, 5) is 30.2. The molecule has 0 spiro atoms. The first kappa shape index (κ1) is 23.3. The second-order valence-corrected chi connectivity index (χ2v) is 8.20. The summed E-state index contributed by atoms with van der Waals surface area (Å²) in [6.07, 6.45) is 0. The molecule has 3 aromatic carbocycles. The molecule has 174 valence electrons. The van der Waals surface area contributed by atoms with Crippen LogP contribution in [-0.2, 0) is 11.3 Å². The number of carbonyl (C=O) groups is 1. The number of nitrogens with one attached hydrogen (secondary N) is 1. The molecule has 0 saturated heterocycles. The number of fused-ring (bicyclic) bond motifs is 1. The quantitative estimate of drug-likeness (QED) is 0.420. The zero-order chi connectivity index (χ0) is 24.2. The van der Waals surface area contributed by atoms with E-state index in [-0.39, 0.29) is 18.5 Å². The van der Waals surface area contributed by atoms with Crippen molar-refractivity contribution in [3.63, 3.8) is 0 Å². The molecule has 0 bridgehead atoms. The third-order valence-corrected chi connectivity index (χ3v) is 5.81. The van der Waals surface area contributed by atoms with Gasteiger partial charge in [-0.25, -0.2) is 4.79 Å². The van der Waals surface area contributed by atoms with E-state index in [1.807, 2.05) is 49.4 Å². The summed E-state index contributed by atoms with van der Waals surface area (Å²) in [7, 11) is 3.12. The van der Waals surface area contributed by atoms with Gasteiger partial charge in [0.25, 0.3) is 0 Å². The zero-order valence-corrected chi connectivity index (χ0v) is 19.8. The van der Waals surface area contributed by atoms with E-state index in [1.165, 1.54) is 4.57 Å². The van der Waals surface area contributed by atoms with Crippen LogP contribution in [0.25, 0.3) is 22.2 Å². The molecule has 8 heteroatoms. The largest absolute Gasteiger partial charge is 0.493 e. The number of rotatable bonds is 7. The molecule has 0 unspecified atom stereocenters.